The lowest BCUT2D eigenvalue weighted by Gasteiger charge is -2.12. The van der Waals surface area contributed by atoms with Crippen LogP contribution in [0, 0.1) is 11.8 Å². The molecular weight excluding hydrogens is 256 g/mol. The second-order valence-electron chi connectivity index (χ2n) is 3.07. The average Bonchev–Trinajstić information content (AvgIpc) is 2.20. The third-order valence-corrected chi connectivity index (χ3v) is 2.39. The van der Waals surface area contributed by atoms with Gasteiger partial charge in [-0.3, -0.25) is 0 Å². The zero-order valence-electron chi connectivity index (χ0n) is 8.75. The smallest absolute Gasteiger partial charge is 0.149 e. The summed E-state index contributed by atoms with van der Waals surface area (Å²) in [5, 5.41) is 9.55. The molecule has 1 unspecified atom stereocenters. The number of aliphatic hydroxyl groups excluding tert-OH is 1. The van der Waals surface area contributed by atoms with Crippen LogP contribution >= 0.6 is 15.9 Å². The minimum Gasteiger partial charge on any atom is -0.481 e. The molecule has 1 rings (SSSR count). The lowest BCUT2D eigenvalue weighted by molar-refractivity contribution is 0.193. The molecule has 1 atom stereocenters. The van der Waals surface area contributed by atoms with Gasteiger partial charge in [0.05, 0.1) is 6.10 Å². The van der Waals surface area contributed by atoms with E-state index in [9.17, 15) is 5.11 Å². The van der Waals surface area contributed by atoms with Crippen molar-refractivity contribution < 1.29 is 9.84 Å². The van der Waals surface area contributed by atoms with Crippen LogP contribution in [0.1, 0.15) is 25.5 Å². The van der Waals surface area contributed by atoms with Gasteiger partial charge in [0.1, 0.15) is 12.4 Å². The van der Waals surface area contributed by atoms with Crippen LogP contribution in [0.3, 0.4) is 0 Å². The van der Waals surface area contributed by atoms with E-state index >= 15 is 0 Å². The first-order chi connectivity index (χ1) is 7.15. The molecule has 3 heteroatoms. The van der Waals surface area contributed by atoms with Crippen molar-refractivity contribution >= 4 is 15.9 Å². The number of rotatable bonds is 3. The van der Waals surface area contributed by atoms with E-state index in [1.807, 2.05) is 18.2 Å². The molecule has 1 aromatic carbocycles. The van der Waals surface area contributed by atoms with Gasteiger partial charge in [0.15, 0.2) is 0 Å². The molecule has 80 valence electrons. The van der Waals surface area contributed by atoms with E-state index in [0.717, 1.165) is 10.0 Å². The maximum Gasteiger partial charge on any atom is 0.149 e. The first kappa shape index (κ1) is 12.1. The van der Waals surface area contributed by atoms with Crippen molar-refractivity contribution in [2.24, 2.45) is 0 Å². The number of benzene rings is 1. The zero-order chi connectivity index (χ0) is 11.3. The molecule has 0 amide bonds. The van der Waals surface area contributed by atoms with E-state index < -0.39 is 6.10 Å². The first-order valence-electron chi connectivity index (χ1n) is 4.65. The normalized spacial score (nSPS) is 11.5. The highest BCUT2D eigenvalue weighted by molar-refractivity contribution is 9.10. The van der Waals surface area contributed by atoms with Crippen LogP contribution in [0.4, 0.5) is 0 Å². The van der Waals surface area contributed by atoms with Crippen LogP contribution in [0.25, 0.3) is 0 Å². The lowest BCUT2D eigenvalue weighted by Crippen LogP contribution is -2.00. The third-order valence-electron chi connectivity index (χ3n) is 1.90. The van der Waals surface area contributed by atoms with Crippen molar-refractivity contribution in [3.8, 4) is 17.6 Å². The van der Waals surface area contributed by atoms with Crippen LogP contribution in [-0.4, -0.2) is 11.7 Å². The van der Waals surface area contributed by atoms with Gasteiger partial charge >= 0.3 is 0 Å². The van der Waals surface area contributed by atoms with Gasteiger partial charge in [0.25, 0.3) is 0 Å². The molecule has 1 N–H and O–H groups in total. The summed E-state index contributed by atoms with van der Waals surface area (Å²) < 4.78 is 6.36. The average molecular weight is 269 g/mol. The summed E-state index contributed by atoms with van der Waals surface area (Å²) in [6.07, 6.45) is -0.549. The number of hydrogen-bond acceptors (Lipinski definition) is 2. The van der Waals surface area contributed by atoms with Crippen molar-refractivity contribution in [1.29, 1.82) is 0 Å². The van der Waals surface area contributed by atoms with Crippen molar-refractivity contribution in [3.05, 3.63) is 28.2 Å². The molecule has 15 heavy (non-hydrogen) atoms. The first-order valence-corrected chi connectivity index (χ1v) is 5.44. The second kappa shape index (κ2) is 5.79. The van der Waals surface area contributed by atoms with Gasteiger partial charge in [0.2, 0.25) is 0 Å². The van der Waals surface area contributed by atoms with Crippen LogP contribution in [0.2, 0.25) is 0 Å². The molecule has 0 bridgehead atoms. The molecule has 0 aliphatic carbocycles. The highest BCUT2D eigenvalue weighted by Gasteiger charge is 2.09. The van der Waals surface area contributed by atoms with Gasteiger partial charge in [-0.25, -0.2) is 0 Å². The summed E-state index contributed by atoms with van der Waals surface area (Å²) in [5.74, 6) is 6.24. The quantitative estimate of drug-likeness (QED) is 0.855. The molecule has 0 aliphatic rings. The Morgan fingerprint density at radius 1 is 1.53 bits per heavy atom. The van der Waals surface area contributed by atoms with Gasteiger partial charge in [-0.1, -0.05) is 21.9 Å². The van der Waals surface area contributed by atoms with Gasteiger partial charge in [-0.15, -0.1) is 5.92 Å². The zero-order valence-corrected chi connectivity index (χ0v) is 10.3. The van der Waals surface area contributed by atoms with E-state index in [1.54, 1.807) is 13.8 Å². The fourth-order valence-corrected chi connectivity index (χ4v) is 1.54. The Morgan fingerprint density at radius 2 is 2.27 bits per heavy atom. The number of hydrogen-bond donors (Lipinski definition) is 1. The predicted molar refractivity (Wildman–Crippen MR) is 63.7 cm³/mol. The van der Waals surface area contributed by atoms with E-state index in [4.69, 9.17) is 4.74 Å². The fourth-order valence-electron chi connectivity index (χ4n) is 1.16. The largest absolute Gasteiger partial charge is 0.481 e. The number of ether oxygens (including phenoxy) is 1. The van der Waals surface area contributed by atoms with Crippen LogP contribution in [0.15, 0.2) is 22.7 Å². The number of aliphatic hydroxyl groups is 1. The Morgan fingerprint density at radius 3 is 2.87 bits per heavy atom. The summed E-state index contributed by atoms with van der Waals surface area (Å²) in [4.78, 5) is 0. The molecule has 0 radical (unpaired) electrons. The maximum absolute atomic E-state index is 9.55. The van der Waals surface area contributed by atoms with E-state index in [-0.39, 0.29) is 0 Å². The van der Waals surface area contributed by atoms with Gasteiger partial charge < -0.3 is 9.84 Å². The Hall–Kier alpha value is -0.980. The van der Waals surface area contributed by atoms with Gasteiger partial charge in [-0.2, -0.15) is 0 Å². The Bertz CT molecular complexity index is 388. The SMILES string of the molecule is CC#CCOc1ccc(Br)cc1C(C)O. The van der Waals surface area contributed by atoms with Gasteiger partial charge in [-0.05, 0) is 32.0 Å². The molecular formula is C12H13BrO2. The van der Waals surface area contributed by atoms with E-state index in [1.165, 1.54) is 0 Å². The molecule has 0 fully saturated rings. The standard InChI is InChI=1S/C12H13BrO2/c1-3-4-7-15-12-6-5-10(13)8-11(12)9(2)14/h5-6,8-9,14H,7H2,1-2H3. The minimum absolute atomic E-state index is 0.345. The molecule has 0 aliphatic heterocycles. The summed E-state index contributed by atoms with van der Waals surface area (Å²) in [6, 6.07) is 5.55. The molecule has 1 aromatic rings. The second-order valence-corrected chi connectivity index (χ2v) is 3.99. The Balaban J connectivity index is 2.89. The van der Waals surface area contributed by atoms with E-state index in [2.05, 4.69) is 27.8 Å². The number of halogens is 1. The topological polar surface area (TPSA) is 29.5 Å². The van der Waals surface area contributed by atoms with Crippen molar-refractivity contribution in [3.63, 3.8) is 0 Å². The predicted octanol–water partition coefficient (Wildman–Crippen LogP) is 2.90. The van der Waals surface area contributed by atoms with Crippen LogP contribution < -0.4 is 4.74 Å². The summed E-state index contributed by atoms with van der Waals surface area (Å²) >= 11 is 3.35. The fraction of sp³-hybridized carbons (Fsp3) is 0.333. The lowest BCUT2D eigenvalue weighted by atomic mass is 10.1. The van der Waals surface area contributed by atoms with Gasteiger partial charge in [0, 0.05) is 10.0 Å². The van der Waals surface area contributed by atoms with Crippen LogP contribution in [-0.2, 0) is 0 Å². The van der Waals surface area contributed by atoms with Crippen LogP contribution in [0.5, 0.6) is 5.75 Å². The molecule has 0 saturated heterocycles. The minimum atomic E-state index is -0.549. The highest BCUT2D eigenvalue weighted by Crippen LogP contribution is 2.28. The van der Waals surface area contributed by atoms with Crippen molar-refractivity contribution in [1.82, 2.24) is 0 Å². The van der Waals surface area contributed by atoms with E-state index in [0.29, 0.717) is 12.4 Å². The van der Waals surface area contributed by atoms with Crippen molar-refractivity contribution in [2.75, 3.05) is 6.61 Å². The summed E-state index contributed by atoms with van der Waals surface area (Å²) in [5.41, 5.74) is 0.766. The summed E-state index contributed by atoms with van der Waals surface area (Å²) in [7, 11) is 0. The molecule has 0 aromatic heterocycles. The summed E-state index contributed by atoms with van der Waals surface area (Å²) in [6.45, 7) is 3.82. The monoisotopic (exact) mass is 268 g/mol. The molecule has 0 spiro atoms. The Kier molecular flexibility index (Phi) is 4.67. The maximum atomic E-state index is 9.55. The molecule has 0 heterocycles. The molecule has 2 nitrogen and oxygen atoms in total. The highest BCUT2D eigenvalue weighted by atomic mass is 79.9. The van der Waals surface area contributed by atoms with Crippen molar-refractivity contribution in [2.45, 2.75) is 20.0 Å². The third kappa shape index (κ3) is 3.58. The molecule has 0 saturated carbocycles. The Labute approximate surface area is 98.4 Å².